The molecule has 1 aromatic heterocycles. The van der Waals surface area contributed by atoms with Crippen molar-refractivity contribution in [3.63, 3.8) is 0 Å². The van der Waals surface area contributed by atoms with E-state index in [1.54, 1.807) is 7.05 Å². The fraction of sp³-hybridized carbons (Fsp3) is 0.318. The lowest BCUT2D eigenvalue weighted by Crippen LogP contribution is -2.26. The number of amides is 1. The highest BCUT2D eigenvalue weighted by molar-refractivity contribution is 5.76. The number of nitrogens with zero attached hydrogens (tertiary/aromatic N) is 3. The van der Waals surface area contributed by atoms with E-state index < -0.39 is 11.6 Å². The van der Waals surface area contributed by atoms with E-state index in [1.165, 1.54) is 22.6 Å². The highest BCUT2D eigenvalue weighted by Crippen LogP contribution is 2.21. The molecule has 0 N–H and O–H groups in total. The first kappa shape index (κ1) is 20.6. The largest absolute Gasteiger partial charge is 0.341 e. The van der Waals surface area contributed by atoms with Gasteiger partial charge in [-0.1, -0.05) is 49.3 Å². The van der Waals surface area contributed by atoms with Crippen molar-refractivity contribution in [3.05, 3.63) is 71.1 Å². The van der Waals surface area contributed by atoms with Crippen LogP contribution in [-0.2, 0) is 17.8 Å². The van der Waals surface area contributed by atoms with Gasteiger partial charge in [0.05, 0.1) is 0 Å². The highest BCUT2D eigenvalue weighted by Gasteiger charge is 2.15. The van der Waals surface area contributed by atoms with Crippen molar-refractivity contribution in [2.75, 3.05) is 7.05 Å². The number of carbonyl (C=O) groups is 1. The van der Waals surface area contributed by atoms with Gasteiger partial charge in [-0.05, 0) is 17.5 Å². The summed E-state index contributed by atoms with van der Waals surface area (Å²) in [6.45, 7) is 4.31. The van der Waals surface area contributed by atoms with Gasteiger partial charge in [0.1, 0.15) is 11.6 Å². The summed E-state index contributed by atoms with van der Waals surface area (Å²) in [5, 5.41) is 3.98. The minimum atomic E-state index is -0.672. The minimum Gasteiger partial charge on any atom is -0.341 e. The Kier molecular flexibility index (Phi) is 6.36. The van der Waals surface area contributed by atoms with Crippen LogP contribution in [0.4, 0.5) is 8.78 Å². The molecular weight excluding hydrogens is 376 g/mol. The first-order valence-corrected chi connectivity index (χ1v) is 9.44. The van der Waals surface area contributed by atoms with Gasteiger partial charge in [0, 0.05) is 43.6 Å². The molecule has 3 aromatic rings. The second-order valence-electron chi connectivity index (χ2n) is 7.27. The molecule has 1 heterocycles. The van der Waals surface area contributed by atoms with Gasteiger partial charge in [0.15, 0.2) is 0 Å². The third-order valence-electron chi connectivity index (χ3n) is 4.70. The number of halogens is 2. The van der Waals surface area contributed by atoms with Crippen LogP contribution in [0.2, 0.25) is 0 Å². The first-order chi connectivity index (χ1) is 13.8. The van der Waals surface area contributed by atoms with E-state index in [1.807, 2.05) is 24.3 Å². The quantitative estimate of drug-likeness (QED) is 0.576. The van der Waals surface area contributed by atoms with Gasteiger partial charge < -0.3 is 9.42 Å². The van der Waals surface area contributed by atoms with E-state index in [4.69, 9.17) is 4.52 Å². The molecule has 29 heavy (non-hydrogen) atoms. The summed E-state index contributed by atoms with van der Waals surface area (Å²) in [5.74, 6) is -0.237. The maximum absolute atomic E-state index is 13.7. The van der Waals surface area contributed by atoms with Crippen LogP contribution in [-0.4, -0.2) is 28.0 Å². The lowest BCUT2D eigenvalue weighted by Gasteiger charge is -2.17. The molecule has 7 heteroatoms. The molecule has 152 valence electrons. The molecule has 0 aliphatic rings. The SMILES string of the molecule is CC(C)c1ccc(-c2noc(CCC(=O)N(C)Cc3ccc(F)cc3F)n2)cc1. The molecule has 3 rings (SSSR count). The van der Waals surface area contributed by atoms with Crippen LogP contribution in [0.25, 0.3) is 11.4 Å². The molecule has 0 saturated heterocycles. The number of carbonyl (C=O) groups excluding carboxylic acids is 1. The van der Waals surface area contributed by atoms with Crippen LogP contribution in [0.1, 0.15) is 43.2 Å². The molecule has 0 atom stereocenters. The molecule has 0 saturated carbocycles. The van der Waals surface area contributed by atoms with Crippen LogP contribution >= 0.6 is 0 Å². The Hall–Kier alpha value is -3.09. The second-order valence-corrected chi connectivity index (χ2v) is 7.27. The normalized spacial score (nSPS) is 11.1. The molecule has 2 aromatic carbocycles. The van der Waals surface area contributed by atoms with Gasteiger partial charge in [-0.15, -0.1) is 0 Å². The maximum atomic E-state index is 13.7. The Morgan fingerprint density at radius 2 is 1.86 bits per heavy atom. The summed E-state index contributed by atoms with van der Waals surface area (Å²) >= 11 is 0. The Morgan fingerprint density at radius 3 is 2.52 bits per heavy atom. The van der Waals surface area contributed by atoms with Gasteiger partial charge in [0.25, 0.3) is 0 Å². The van der Waals surface area contributed by atoms with E-state index in [-0.39, 0.29) is 30.9 Å². The van der Waals surface area contributed by atoms with E-state index >= 15 is 0 Å². The average Bonchev–Trinajstić information content (AvgIpc) is 3.17. The molecule has 0 spiro atoms. The van der Waals surface area contributed by atoms with Crippen LogP contribution in [0.15, 0.2) is 47.0 Å². The Balaban J connectivity index is 1.56. The van der Waals surface area contributed by atoms with Crippen LogP contribution in [0, 0.1) is 11.6 Å². The first-order valence-electron chi connectivity index (χ1n) is 9.44. The molecule has 1 amide bonds. The van der Waals surface area contributed by atoms with Gasteiger partial charge >= 0.3 is 0 Å². The fourth-order valence-corrected chi connectivity index (χ4v) is 2.89. The fourth-order valence-electron chi connectivity index (χ4n) is 2.89. The van der Waals surface area contributed by atoms with Crippen LogP contribution in [0.5, 0.6) is 0 Å². The summed E-state index contributed by atoms with van der Waals surface area (Å²) in [4.78, 5) is 18.0. The van der Waals surface area contributed by atoms with Crippen molar-refractivity contribution in [3.8, 4) is 11.4 Å². The number of hydrogen-bond donors (Lipinski definition) is 0. The number of aromatic nitrogens is 2. The summed E-state index contributed by atoms with van der Waals surface area (Å²) in [6.07, 6.45) is 0.430. The second kappa shape index (κ2) is 8.94. The Morgan fingerprint density at radius 1 is 1.14 bits per heavy atom. The zero-order chi connectivity index (χ0) is 21.0. The van der Waals surface area contributed by atoms with Crippen molar-refractivity contribution < 1.29 is 18.1 Å². The summed E-state index contributed by atoms with van der Waals surface area (Å²) in [5.41, 5.74) is 2.33. The molecular formula is C22H23F2N3O2. The molecule has 0 aliphatic heterocycles. The van der Waals surface area contributed by atoms with Gasteiger partial charge in [-0.2, -0.15) is 4.98 Å². The van der Waals surface area contributed by atoms with Crippen molar-refractivity contribution >= 4 is 5.91 Å². The summed E-state index contributed by atoms with van der Waals surface area (Å²) in [7, 11) is 1.57. The van der Waals surface area contributed by atoms with Crippen molar-refractivity contribution in [2.24, 2.45) is 0 Å². The molecule has 0 fully saturated rings. The number of rotatable bonds is 7. The maximum Gasteiger partial charge on any atom is 0.227 e. The zero-order valence-electron chi connectivity index (χ0n) is 16.7. The summed E-state index contributed by atoms with van der Waals surface area (Å²) in [6, 6.07) is 11.3. The minimum absolute atomic E-state index is 0.0578. The number of benzene rings is 2. The smallest absolute Gasteiger partial charge is 0.227 e. The van der Waals surface area contributed by atoms with E-state index in [0.29, 0.717) is 17.6 Å². The lowest BCUT2D eigenvalue weighted by molar-refractivity contribution is -0.130. The van der Waals surface area contributed by atoms with Crippen molar-refractivity contribution in [1.82, 2.24) is 15.0 Å². The topological polar surface area (TPSA) is 59.2 Å². The van der Waals surface area contributed by atoms with Crippen LogP contribution in [0.3, 0.4) is 0 Å². The Labute approximate surface area is 168 Å². The monoisotopic (exact) mass is 399 g/mol. The molecule has 0 radical (unpaired) electrons. The third-order valence-corrected chi connectivity index (χ3v) is 4.70. The van der Waals surface area contributed by atoms with Crippen LogP contribution < -0.4 is 0 Å². The average molecular weight is 399 g/mol. The molecule has 0 aliphatic carbocycles. The van der Waals surface area contributed by atoms with E-state index in [0.717, 1.165) is 11.6 Å². The molecule has 0 unspecified atom stereocenters. The summed E-state index contributed by atoms with van der Waals surface area (Å²) < 4.78 is 32.0. The highest BCUT2D eigenvalue weighted by atomic mass is 19.1. The zero-order valence-corrected chi connectivity index (χ0v) is 16.7. The predicted molar refractivity (Wildman–Crippen MR) is 105 cm³/mol. The van der Waals surface area contributed by atoms with Crippen molar-refractivity contribution in [2.45, 2.75) is 39.2 Å². The molecule has 0 bridgehead atoms. The van der Waals surface area contributed by atoms with Gasteiger partial charge in [0.2, 0.25) is 17.6 Å². The van der Waals surface area contributed by atoms with Gasteiger partial charge in [-0.3, -0.25) is 4.79 Å². The third kappa shape index (κ3) is 5.25. The number of aryl methyl sites for hydroxylation is 1. The number of hydrogen-bond acceptors (Lipinski definition) is 4. The standard InChI is InChI=1S/C22H23F2N3O2/c1-14(2)15-4-6-16(7-5-15)22-25-20(29-26-22)10-11-21(28)27(3)13-17-8-9-18(23)12-19(17)24/h4-9,12,14H,10-11,13H2,1-3H3. The van der Waals surface area contributed by atoms with E-state index in [9.17, 15) is 13.6 Å². The predicted octanol–water partition coefficient (Wildman–Crippen LogP) is 4.73. The lowest BCUT2D eigenvalue weighted by atomic mass is 10.0. The Bertz CT molecular complexity index is 984. The van der Waals surface area contributed by atoms with Gasteiger partial charge in [-0.25, -0.2) is 8.78 Å². The molecule has 5 nitrogen and oxygen atoms in total. The van der Waals surface area contributed by atoms with E-state index in [2.05, 4.69) is 24.0 Å². The van der Waals surface area contributed by atoms with Crippen molar-refractivity contribution in [1.29, 1.82) is 0 Å².